The molecule has 0 aromatic carbocycles. The number of rotatable bonds is 2. The van der Waals surface area contributed by atoms with E-state index >= 15 is 0 Å². The van der Waals surface area contributed by atoms with E-state index in [2.05, 4.69) is 38.7 Å². The quantitative estimate of drug-likeness (QED) is 0.303. The molecule has 1 spiro atoms. The maximum atomic E-state index is 14.6. The Hall–Kier alpha value is -2.25. The third-order valence-corrected chi connectivity index (χ3v) is 13.2. The van der Waals surface area contributed by atoms with Gasteiger partial charge in [-0.1, -0.05) is 37.3 Å². The minimum Gasteiger partial charge on any atom is -0.461 e. The molecule has 5 fully saturated rings. The van der Waals surface area contributed by atoms with E-state index < -0.39 is 45.6 Å². The largest absolute Gasteiger partial charge is 0.461 e. The fraction of sp³-hybridized carbons (Fsp3) is 0.727. The van der Waals surface area contributed by atoms with Gasteiger partial charge in [0.05, 0.1) is 16.6 Å². The summed E-state index contributed by atoms with van der Waals surface area (Å²) in [6, 6.07) is 0. The van der Waals surface area contributed by atoms with Gasteiger partial charge in [-0.15, -0.1) is 0 Å². The first-order valence-corrected chi connectivity index (χ1v) is 15.0. The highest BCUT2D eigenvalue weighted by Crippen LogP contribution is 2.81. The zero-order valence-electron chi connectivity index (χ0n) is 24.2. The molecule has 0 amide bonds. The van der Waals surface area contributed by atoms with Gasteiger partial charge < -0.3 is 24.5 Å². The Balaban J connectivity index is 1.45. The molecule has 13 atom stereocenters. The number of aliphatic hydroxyl groups is 2. The second kappa shape index (κ2) is 7.77. The van der Waals surface area contributed by atoms with E-state index in [0.29, 0.717) is 37.7 Å². The maximum absolute atomic E-state index is 14.6. The second-order valence-corrected chi connectivity index (χ2v) is 15.0. The van der Waals surface area contributed by atoms with Crippen molar-refractivity contribution in [3.8, 4) is 0 Å². The highest BCUT2D eigenvalue weighted by Gasteiger charge is 2.84. The van der Waals surface area contributed by atoms with Crippen molar-refractivity contribution in [2.75, 3.05) is 0 Å². The molecule has 0 aromatic heterocycles. The fourth-order valence-electron chi connectivity index (χ4n) is 11.5. The number of Topliss-reactive ketones (excluding diaryl/α,β-unsaturated/α-hetero) is 1. The lowest BCUT2D eigenvalue weighted by Crippen LogP contribution is -2.51. The van der Waals surface area contributed by atoms with Crippen molar-refractivity contribution in [2.45, 2.75) is 96.6 Å². The van der Waals surface area contributed by atoms with Crippen LogP contribution in [0.25, 0.3) is 0 Å². The van der Waals surface area contributed by atoms with E-state index in [1.807, 2.05) is 13.8 Å². The smallest absolute Gasteiger partial charge is 0.334 e. The lowest BCUT2D eigenvalue weighted by molar-refractivity contribution is -0.157. The SMILES string of the molecule is C=C1C(=O)O[C@@H]2[C@@H]3[C@@]4(C=C[C@@]3(C)[C@]3(C4)C(=O)O[C@@H]4[C@H]5C(C)=CC[C@@H]5[C@](C)(O)C[C@@H](CC(C)=O)[C@H]43)[C@](C)(O)CC[C@@H]12. The number of allylic oxidation sites excluding steroid dienone is 2. The summed E-state index contributed by atoms with van der Waals surface area (Å²) >= 11 is 0. The van der Waals surface area contributed by atoms with Crippen molar-refractivity contribution < 1.29 is 34.1 Å². The van der Waals surface area contributed by atoms with Gasteiger partial charge in [-0.2, -0.15) is 0 Å². The van der Waals surface area contributed by atoms with E-state index in [-0.39, 0.29) is 53.7 Å². The monoisotopic (exact) mass is 550 g/mol. The lowest BCUT2D eigenvalue weighted by Gasteiger charge is -2.47. The summed E-state index contributed by atoms with van der Waals surface area (Å²) in [7, 11) is 0. The number of fused-ring (bicyclic) bond motifs is 6. The molecule has 2 bridgehead atoms. The zero-order chi connectivity index (χ0) is 28.8. The van der Waals surface area contributed by atoms with Gasteiger partial charge in [-0.3, -0.25) is 4.79 Å². The summed E-state index contributed by atoms with van der Waals surface area (Å²) < 4.78 is 12.6. The maximum Gasteiger partial charge on any atom is 0.334 e. The molecular formula is C33H42O7. The van der Waals surface area contributed by atoms with Crippen LogP contribution in [-0.2, 0) is 23.9 Å². The van der Waals surface area contributed by atoms with Crippen molar-refractivity contribution in [2.24, 2.45) is 51.8 Å². The minimum atomic E-state index is -1.15. The van der Waals surface area contributed by atoms with Crippen LogP contribution in [0.15, 0.2) is 36.0 Å². The number of hydrogen-bond acceptors (Lipinski definition) is 7. The summed E-state index contributed by atoms with van der Waals surface area (Å²) in [6.45, 7) is 13.5. The van der Waals surface area contributed by atoms with Crippen molar-refractivity contribution in [1.29, 1.82) is 0 Å². The molecular weight excluding hydrogens is 508 g/mol. The van der Waals surface area contributed by atoms with Gasteiger partial charge in [-0.05, 0) is 65.7 Å². The molecule has 216 valence electrons. The normalized spacial score (nSPS) is 55.7. The minimum absolute atomic E-state index is 0.0256. The Bertz CT molecular complexity index is 1310. The van der Waals surface area contributed by atoms with Crippen LogP contribution >= 0.6 is 0 Å². The van der Waals surface area contributed by atoms with Gasteiger partial charge in [0.2, 0.25) is 0 Å². The molecule has 2 N–H and O–H groups in total. The molecule has 0 aromatic rings. The Morgan fingerprint density at radius 3 is 2.55 bits per heavy atom. The average Bonchev–Trinajstić information content (AvgIpc) is 3.56. The second-order valence-electron chi connectivity index (χ2n) is 15.0. The third kappa shape index (κ3) is 2.87. The summed E-state index contributed by atoms with van der Waals surface area (Å²) in [4.78, 5) is 40.2. The number of ether oxygens (including phenoxy) is 2. The molecule has 2 saturated heterocycles. The topological polar surface area (TPSA) is 110 Å². The van der Waals surface area contributed by atoms with Crippen LogP contribution in [0, 0.1) is 51.8 Å². The van der Waals surface area contributed by atoms with Crippen molar-refractivity contribution in [3.63, 3.8) is 0 Å². The number of esters is 2. The highest BCUT2D eigenvalue weighted by atomic mass is 16.6. The molecule has 2 heterocycles. The molecule has 2 aliphatic heterocycles. The number of carbonyl (C=O) groups is 3. The Morgan fingerprint density at radius 1 is 1.12 bits per heavy atom. The molecule has 7 heteroatoms. The molecule has 7 rings (SSSR count). The summed E-state index contributed by atoms with van der Waals surface area (Å²) in [5, 5.41) is 24.1. The standard InChI is InChI=1S/C33H42O7/c1-16-7-8-21-22(16)25-23(19(13-17(2)34)14-30(21,5)37)33(28(36)40-25)15-32-12-11-29(33,4)26(32)24-20(9-10-31(32,6)38)18(3)27(35)39-24/h7,11-12,19-26,37-38H,3,8-10,13-15H2,1-2,4-6H3/t19-,20+,21+,22+,23-,24+,25-,26+,29-,30-,31-,32+,33+/m1/s1. The third-order valence-electron chi connectivity index (χ3n) is 13.2. The summed E-state index contributed by atoms with van der Waals surface area (Å²) in [5.74, 6) is -2.03. The van der Waals surface area contributed by atoms with Crippen LogP contribution in [0.2, 0.25) is 0 Å². The molecule has 5 aliphatic carbocycles. The first-order chi connectivity index (χ1) is 18.6. The average molecular weight is 551 g/mol. The van der Waals surface area contributed by atoms with E-state index in [1.165, 1.54) is 0 Å². The Kier molecular flexibility index (Phi) is 5.17. The van der Waals surface area contributed by atoms with E-state index in [9.17, 15) is 24.6 Å². The molecule has 3 saturated carbocycles. The zero-order valence-corrected chi connectivity index (χ0v) is 24.2. The first-order valence-electron chi connectivity index (χ1n) is 15.0. The van der Waals surface area contributed by atoms with E-state index in [4.69, 9.17) is 9.47 Å². The number of carbonyl (C=O) groups excluding carboxylic acids is 3. The van der Waals surface area contributed by atoms with Crippen molar-refractivity contribution in [1.82, 2.24) is 0 Å². The van der Waals surface area contributed by atoms with Crippen molar-refractivity contribution >= 4 is 17.7 Å². The van der Waals surface area contributed by atoms with Gasteiger partial charge in [0.15, 0.2) is 0 Å². The summed E-state index contributed by atoms with van der Waals surface area (Å²) in [5.41, 5.74) is -3.24. The van der Waals surface area contributed by atoms with E-state index in [0.717, 1.165) is 5.57 Å². The summed E-state index contributed by atoms with van der Waals surface area (Å²) in [6.07, 6.45) is 8.17. The van der Waals surface area contributed by atoms with Gasteiger partial charge in [-0.25, -0.2) is 4.79 Å². The van der Waals surface area contributed by atoms with Crippen LogP contribution in [0.1, 0.15) is 73.1 Å². The Morgan fingerprint density at radius 2 is 1.85 bits per heavy atom. The van der Waals surface area contributed by atoms with Gasteiger partial charge in [0, 0.05) is 52.4 Å². The van der Waals surface area contributed by atoms with Crippen LogP contribution in [0.5, 0.6) is 0 Å². The fourth-order valence-corrected chi connectivity index (χ4v) is 11.5. The van der Waals surface area contributed by atoms with Gasteiger partial charge in [0.25, 0.3) is 0 Å². The highest BCUT2D eigenvalue weighted by molar-refractivity contribution is 5.91. The van der Waals surface area contributed by atoms with Gasteiger partial charge in [0.1, 0.15) is 18.0 Å². The van der Waals surface area contributed by atoms with Crippen LogP contribution in [0.4, 0.5) is 0 Å². The van der Waals surface area contributed by atoms with Crippen LogP contribution < -0.4 is 0 Å². The van der Waals surface area contributed by atoms with E-state index in [1.54, 1.807) is 6.92 Å². The van der Waals surface area contributed by atoms with Crippen LogP contribution in [0.3, 0.4) is 0 Å². The molecule has 0 radical (unpaired) electrons. The molecule has 40 heavy (non-hydrogen) atoms. The predicted molar refractivity (Wildman–Crippen MR) is 145 cm³/mol. The number of ketones is 1. The Labute approximate surface area is 236 Å². The predicted octanol–water partition coefficient (Wildman–Crippen LogP) is 4.07. The van der Waals surface area contributed by atoms with Crippen molar-refractivity contribution in [3.05, 3.63) is 36.0 Å². The molecule has 7 nitrogen and oxygen atoms in total. The lowest BCUT2D eigenvalue weighted by atomic mass is 9.52. The first kappa shape index (κ1) is 26.6. The van der Waals surface area contributed by atoms with Crippen LogP contribution in [-0.4, -0.2) is 51.3 Å². The molecule has 0 unspecified atom stereocenters. The number of hydrogen-bond donors (Lipinski definition) is 2. The molecule has 7 aliphatic rings. The van der Waals surface area contributed by atoms with Gasteiger partial charge >= 0.3 is 11.9 Å².